The summed E-state index contributed by atoms with van der Waals surface area (Å²) in [6, 6.07) is 3.13. The Morgan fingerprint density at radius 1 is 1.64 bits per heavy atom. The third-order valence-electron chi connectivity index (χ3n) is 1.62. The molecule has 0 unspecified atom stereocenters. The van der Waals surface area contributed by atoms with Gasteiger partial charge in [0.25, 0.3) is 11.8 Å². The lowest BCUT2D eigenvalue weighted by atomic mass is 10.4. The van der Waals surface area contributed by atoms with Gasteiger partial charge < -0.3 is 9.32 Å². The normalized spacial score (nSPS) is 9.57. The lowest BCUT2D eigenvalue weighted by molar-refractivity contribution is -0.121. The van der Waals surface area contributed by atoms with Crippen molar-refractivity contribution in [2.45, 2.75) is 0 Å². The van der Waals surface area contributed by atoms with E-state index in [2.05, 4.69) is 0 Å². The van der Waals surface area contributed by atoms with Gasteiger partial charge in [-0.15, -0.1) is 0 Å². The van der Waals surface area contributed by atoms with E-state index in [1.54, 1.807) is 6.07 Å². The minimum Gasteiger partial charge on any atom is -0.459 e. The summed E-state index contributed by atoms with van der Waals surface area (Å²) in [6.07, 6.45) is 1.39. The van der Waals surface area contributed by atoms with Gasteiger partial charge in [0.2, 0.25) is 0 Å². The van der Waals surface area contributed by atoms with Crippen LogP contribution in [0.15, 0.2) is 22.8 Å². The molecule has 0 saturated heterocycles. The molecule has 0 atom stereocenters. The smallest absolute Gasteiger partial charge is 0.289 e. The number of nitrogens with two attached hydrogens (primary N) is 1. The zero-order valence-electron chi connectivity index (χ0n) is 7.69. The molecule has 0 saturated carbocycles. The molecule has 0 spiro atoms. The molecule has 2 amide bonds. The van der Waals surface area contributed by atoms with Crippen molar-refractivity contribution in [1.82, 2.24) is 10.3 Å². The van der Waals surface area contributed by atoms with E-state index < -0.39 is 5.91 Å². The van der Waals surface area contributed by atoms with Gasteiger partial charge in [0.15, 0.2) is 5.76 Å². The maximum absolute atomic E-state index is 11.5. The number of hydrazine groups is 1. The predicted molar refractivity (Wildman–Crippen MR) is 48.0 cm³/mol. The summed E-state index contributed by atoms with van der Waals surface area (Å²) in [5.41, 5.74) is 1.93. The Morgan fingerprint density at radius 2 is 2.36 bits per heavy atom. The zero-order valence-corrected chi connectivity index (χ0v) is 7.69. The highest BCUT2D eigenvalue weighted by atomic mass is 16.3. The molecule has 0 aliphatic rings. The van der Waals surface area contributed by atoms with Gasteiger partial charge >= 0.3 is 0 Å². The third-order valence-corrected chi connectivity index (χ3v) is 1.62. The Balaban J connectivity index is 2.58. The first-order valence-electron chi connectivity index (χ1n) is 3.93. The van der Waals surface area contributed by atoms with Crippen molar-refractivity contribution < 1.29 is 14.0 Å². The number of amides is 2. The van der Waals surface area contributed by atoms with Crippen LogP contribution in [0.4, 0.5) is 0 Å². The third kappa shape index (κ3) is 2.33. The van der Waals surface area contributed by atoms with Crippen LogP contribution in [0.2, 0.25) is 0 Å². The van der Waals surface area contributed by atoms with Gasteiger partial charge in [-0.25, -0.2) is 5.84 Å². The van der Waals surface area contributed by atoms with Crippen LogP contribution in [0.25, 0.3) is 0 Å². The second kappa shape index (κ2) is 4.43. The van der Waals surface area contributed by atoms with Crippen LogP contribution in [-0.4, -0.2) is 30.3 Å². The zero-order chi connectivity index (χ0) is 10.6. The molecule has 0 fully saturated rings. The van der Waals surface area contributed by atoms with Crippen molar-refractivity contribution >= 4 is 11.8 Å². The highest BCUT2D eigenvalue weighted by molar-refractivity contribution is 5.93. The van der Waals surface area contributed by atoms with Gasteiger partial charge in [0.1, 0.15) is 6.54 Å². The largest absolute Gasteiger partial charge is 0.459 e. The molecule has 6 heteroatoms. The summed E-state index contributed by atoms with van der Waals surface area (Å²) in [5, 5.41) is 0. The molecular weight excluding hydrogens is 186 g/mol. The standard InChI is InChI=1S/C8H11N3O3/c1-11(5-7(12)10-9)8(13)6-3-2-4-14-6/h2-4H,5,9H2,1H3,(H,10,12). The second-order valence-corrected chi connectivity index (χ2v) is 2.71. The van der Waals surface area contributed by atoms with Gasteiger partial charge in [0, 0.05) is 7.05 Å². The van der Waals surface area contributed by atoms with E-state index in [9.17, 15) is 9.59 Å². The average molecular weight is 197 g/mol. The molecule has 6 nitrogen and oxygen atoms in total. The monoisotopic (exact) mass is 197 g/mol. The van der Waals surface area contributed by atoms with Crippen molar-refractivity contribution in [2.75, 3.05) is 13.6 Å². The molecule has 1 rings (SSSR count). The van der Waals surface area contributed by atoms with Crippen molar-refractivity contribution in [1.29, 1.82) is 0 Å². The number of hydrogen-bond acceptors (Lipinski definition) is 4. The molecule has 0 aliphatic heterocycles. The van der Waals surface area contributed by atoms with E-state index in [4.69, 9.17) is 10.3 Å². The van der Waals surface area contributed by atoms with Crippen molar-refractivity contribution in [3.05, 3.63) is 24.2 Å². The first-order valence-corrected chi connectivity index (χ1v) is 3.93. The van der Waals surface area contributed by atoms with Crippen LogP contribution in [0.1, 0.15) is 10.6 Å². The molecule has 3 N–H and O–H groups in total. The van der Waals surface area contributed by atoms with Crippen LogP contribution in [0.3, 0.4) is 0 Å². The lowest BCUT2D eigenvalue weighted by Gasteiger charge is -2.13. The molecule has 1 heterocycles. The van der Waals surface area contributed by atoms with Crippen LogP contribution in [0, 0.1) is 0 Å². The number of hydrogen-bond donors (Lipinski definition) is 2. The molecule has 1 aromatic rings. The van der Waals surface area contributed by atoms with Crippen molar-refractivity contribution in [3.8, 4) is 0 Å². The van der Waals surface area contributed by atoms with E-state index in [1.807, 2.05) is 5.43 Å². The Labute approximate surface area is 80.6 Å². The molecule has 1 aromatic heterocycles. The highest BCUT2D eigenvalue weighted by Gasteiger charge is 2.16. The first-order chi connectivity index (χ1) is 6.65. The topological polar surface area (TPSA) is 88.6 Å². The fraction of sp³-hybridized carbons (Fsp3) is 0.250. The summed E-state index contributed by atoms with van der Waals surface area (Å²) in [5.74, 6) is 4.27. The molecule has 0 bridgehead atoms. The van der Waals surface area contributed by atoms with E-state index in [-0.39, 0.29) is 18.2 Å². The van der Waals surface area contributed by atoms with E-state index in [0.717, 1.165) is 0 Å². The van der Waals surface area contributed by atoms with Crippen LogP contribution in [0.5, 0.6) is 0 Å². The summed E-state index contributed by atoms with van der Waals surface area (Å²) < 4.78 is 4.88. The van der Waals surface area contributed by atoms with Crippen molar-refractivity contribution in [2.24, 2.45) is 5.84 Å². The molecule has 0 radical (unpaired) electrons. The van der Waals surface area contributed by atoms with E-state index in [1.165, 1.54) is 24.3 Å². The molecule has 0 aromatic carbocycles. The SMILES string of the molecule is CN(CC(=O)NN)C(=O)c1ccco1. The predicted octanol–water partition coefficient (Wildman–Crippen LogP) is -0.658. The average Bonchev–Trinajstić information content (AvgIpc) is 2.69. The minimum absolute atomic E-state index is 0.101. The van der Waals surface area contributed by atoms with E-state index in [0.29, 0.717) is 0 Å². The van der Waals surface area contributed by atoms with Crippen LogP contribution < -0.4 is 11.3 Å². The Bertz CT molecular complexity index is 321. The van der Waals surface area contributed by atoms with Gasteiger partial charge in [-0.2, -0.15) is 0 Å². The van der Waals surface area contributed by atoms with Crippen LogP contribution >= 0.6 is 0 Å². The summed E-state index contributed by atoms with van der Waals surface area (Å²) in [4.78, 5) is 23.5. The fourth-order valence-electron chi connectivity index (χ4n) is 0.921. The number of nitrogens with one attached hydrogen (secondary N) is 1. The molecular formula is C8H11N3O3. The number of furan rings is 1. The van der Waals surface area contributed by atoms with Gasteiger partial charge in [-0.1, -0.05) is 0 Å². The highest BCUT2D eigenvalue weighted by Crippen LogP contribution is 2.03. The minimum atomic E-state index is -0.438. The maximum atomic E-state index is 11.5. The van der Waals surface area contributed by atoms with Gasteiger partial charge in [0.05, 0.1) is 6.26 Å². The quantitative estimate of drug-likeness (QED) is 0.382. The van der Waals surface area contributed by atoms with Gasteiger partial charge in [-0.05, 0) is 12.1 Å². The number of rotatable bonds is 3. The van der Waals surface area contributed by atoms with Gasteiger partial charge in [-0.3, -0.25) is 15.0 Å². The van der Waals surface area contributed by atoms with Crippen LogP contribution in [-0.2, 0) is 4.79 Å². The van der Waals surface area contributed by atoms with E-state index >= 15 is 0 Å². The Hall–Kier alpha value is -1.82. The molecule has 0 aliphatic carbocycles. The summed E-state index contributed by atoms with van der Waals surface area (Å²) in [6.45, 7) is -0.101. The number of carbonyl (C=O) groups excluding carboxylic acids is 2. The second-order valence-electron chi connectivity index (χ2n) is 2.71. The fourth-order valence-corrected chi connectivity index (χ4v) is 0.921. The number of carbonyl (C=O) groups is 2. The van der Waals surface area contributed by atoms with Crippen molar-refractivity contribution in [3.63, 3.8) is 0 Å². The molecule has 76 valence electrons. The Morgan fingerprint density at radius 3 is 2.86 bits per heavy atom. The summed E-state index contributed by atoms with van der Waals surface area (Å²) >= 11 is 0. The number of nitrogens with zero attached hydrogens (tertiary/aromatic N) is 1. The first kappa shape index (κ1) is 10.3. The summed E-state index contributed by atoms with van der Waals surface area (Å²) in [7, 11) is 1.49. The lowest BCUT2D eigenvalue weighted by Crippen LogP contribution is -2.41. The maximum Gasteiger partial charge on any atom is 0.289 e. The number of likely N-dealkylation sites (N-methyl/N-ethyl adjacent to an activating group) is 1. The molecule has 14 heavy (non-hydrogen) atoms. The Kier molecular flexibility index (Phi) is 3.24.